The van der Waals surface area contributed by atoms with E-state index in [4.69, 9.17) is 4.74 Å². The zero-order valence-corrected chi connectivity index (χ0v) is 15.4. The van der Waals surface area contributed by atoms with E-state index in [0.29, 0.717) is 17.9 Å². The Balaban J connectivity index is 1.82. The van der Waals surface area contributed by atoms with Crippen molar-refractivity contribution < 1.29 is 14.3 Å². The molecule has 0 aliphatic heterocycles. The third-order valence-electron chi connectivity index (χ3n) is 3.60. The van der Waals surface area contributed by atoms with Crippen LogP contribution in [-0.4, -0.2) is 44.0 Å². The van der Waals surface area contributed by atoms with Crippen molar-refractivity contribution in [1.82, 2.24) is 4.90 Å². The second-order valence-corrected chi connectivity index (χ2v) is 6.05. The summed E-state index contributed by atoms with van der Waals surface area (Å²) in [5.74, 6) is 0.580. The number of hydrogen-bond donors (Lipinski definition) is 2. The molecule has 0 aromatic heterocycles. The molecular formula is C20H25N3O3. The van der Waals surface area contributed by atoms with Crippen molar-refractivity contribution in [2.75, 3.05) is 37.9 Å². The first-order chi connectivity index (χ1) is 12.5. The Labute approximate surface area is 154 Å². The predicted molar refractivity (Wildman–Crippen MR) is 104 cm³/mol. The lowest BCUT2D eigenvalue weighted by Crippen LogP contribution is -2.22. The van der Waals surface area contributed by atoms with E-state index in [2.05, 4.69) is 17.6 Å². The lowest BCUT2D eigenvalue weighted by Gasteiger charge is -2.11. The second kappa shape index (κ2) is 9.46. The molecule has 2 aromatic rings. The van der Waals surface area contributed by atoms with Crippen molar-refractivity contribution in [1.29, 1.82) is 0 Å². The Kier molecular flexibility index (Phi) is 7.02. The summed E-state index contributed by atoms with van der Waals surface area (Å²) in [6.45, 7) is 2.86. The molecule has 0 atom stereocenters. The van der Waals surface area contributed by atoms with Crippen LogP contribution in [0.15, 0.2) is 48.5 Å². The largest absolute Gasteiger partial charge is 0.494 e. The minimum Gasteiger partial charge on any atom is -0.494 e. The first-order valence-corrected chi connectivity index (χ1v) is 8.58. The molecule has 0 aliphatic carbocycles. The number of nitrogens with zero attached hydrogens (tertiary/aromatic N) is 1. The van der Waals surface area contributed by atoms with Gasteiger partial charge in [0.2, 0.25) is 5.91 Å². The van der Waals surface area contributed by atoms with Crippen molar-refractivity contribution >= 4 is 23.2 Å². The number of nitrogens with one attached hydrogen (secondary N) is 2. The predicted octanol–water partition coefficient (Wildman–Crippen LogP) is 3.23. The van der Waals surface area contributed by atoms with Crippen molar-refractivity contribution in [3.05, 3.63) is 54.1 Å². The summed E-state index contributed by atoms with van der Waals surface area (Å²) in [6.07, 6.45) is 0.953. The van der Waals surface area contributed by atoms with Gasteiger partial charge in [0.1, 0.15) is 5.75 Å². The molecule has 0 unspecified atom stereocenters. The Hall–Kier alpha value is -3.02. The van der Waals surface area contributed by atoms with Gasteiger partial charge in [-0.3, -0.25) is 9.59 Å². The van der Waals surface area contributed by atoms with Crippen molar-refractivity contribution in [2.45, 2.75) is 13.3 Å². The normalized spacial score (nSPS) is 10.1. The number of benzene rings is 2. The quantitative estimate of drug-likeness (QED) is 0.763. The molecule has 6 nitrogen and oxygen atoms in total. The van der Waals surface area contributed by atoms with Gasteiger partial charge in [0.05, 0.1) is 13.2 Å². The van der Waals surface area contributed by atoms with Crippen molar-refractivity contribution in [3.63, 3.8) is 0 Å². The summed E-state index contributed by atoms with van der Waals surface area (Å²) in [4.78, 5) is 25.4. The van der Waals surface area contributed by atoms with Gasteiger partial charge in [0.15, 0.2) is 0 Å². The average molecular weight is 355 g/mol. The zero-order valence-electron chi connectivity index (χ0n) is 15.4. The number of amides is 2. The molecule has 0 aliphatic rings. The van der Waals surface area contributed by atoms with E-state index >= 15 is 0 Å². The number of carbonyl (C=O) groups excluding carboxylic acids is 2. The van der Waals surface area contributed by atoms with Crippen LogP contribution >= 0.6 is 0 Å². The smallest absolute Gasteiger partial charge is 0.253 e. The van der Waals surface area contributed by atoms with Crippen LogP contribution in [0.1, 0.15) is 23.7 Å². The van der Waals surface area contributed by atoms with Crippen LogP contribution in [0.3, 0.4) is 0 Å². The van der Waals surface area contributed by atoms with Crippen LogP contribution in [0.2, 0.25) is 0 Å². The molecule has 0 fully saturated rings. The second-order valence-electron chi connectivity index (χ2n) is 6.05. The van der Waals surface area contributed by atoms with Gasteiger partial charge in [-0.2, -0.15) is 0 Å². The summed E-state index contributed by atoms with van der Waals surface area (Å²) in [7, 11) is 3.42. The summed E-state index contributed by atoms with van der Waals surface area (Å²) in [6, 6.07) is 14.3. The maximum Gasteiger partial charge on any atom is 0.253 e. The molecule has 2 rings (SSSR count). The van der Waals surface area contributed by atoms with Crippen molar-refractivity contribution in [3.8, 4) is 5.75 Å². The third-order valence-corrected chi connectivity index (χ3v) is 3.60. The monoisotopic (exact) mass is 355 g/mol. The van der Waals surface area contributed by atoms with Crippen LogP contribution < -0.4 is 15.4 Å². The first kappa shape index (κ1) is 19.3. The maximum absolute atomic E-state index is 12.0. The Bertz CT molecular complexity index is 725. The van der Waals surface area contributed by atoms with Crippen LogP contribution in [-0.2, 0) is 4.79 Å². The summed E-state index contributed by atoms with van der Waals surface area (Å²) in [5, 5.41) is 5.86. The lowest BCUT2D eigenvalue weighted by molar-refractivity contribution is -0.114. The van der Waals surface area contributed by atoms with Gasteiger partial charge in [-0.25, -0.2) is 0 Å². The van der Waals surface area contributed by atoms with Crippen LogP contribution in [0.4, 0.5) is 11.4 Å². The Morgan fingerprint density at radius 3 is 2.15 bits per heavy atom. The molecule has 138 valence electrons. The molecule has 0 spiro atoms. The highest BCUT2D eigenvalue weighted by Gasteiger charge is 2.08. The van der Waals surface area contributed by atoms with Gasteiger partial charge in [-0.15, -0.1) is 0 Å². The Morgan fingerprint density at radius 1 is 0.962 bits per heavy atom. The van der Waals surface area contributed by atoms with E-state index in [-0.39, 0.29) is 18.4 Å². The summed E-state index contributed by atoms with van der Waals surface area (Å²) >= 11 is 0. The average Bonchev–Trinajstić information content (AvgIpc) is 2.65. The topological polar surface area (TPSA) is 70.7 Å². The third kappa shape index (κ3) is 5.81. The standard InChI is InChI=1S/C20H25N3O3/c1-4-13-26-18-11-9-17(10-12-18)22-19(24)14-21-16-7-5-15(6-8-16)20(25)23(2)3/h5-12,21H,4,13-14H2,1-3H3,(H,22,24). The highest BCUT2D eigenvalue weighted by molar-refractivity contribution is 5.95. The van der Waals surface area contributed by atoms with Gasteiger partial charge in [-0.05, 0) is 55.0 Å². The molecule has 0 saturated heterocycles. The fraction of sp³-hybridized carbons (Fsp3) is 0.300. The first-order valence-electron chi connectivity index (χ1n) is 8.58. The highest BCUT2D eigenvalue weighted by Crippen LogP contribution is 2.16. The molecule has 2 amide bonds. The molecule has 6 heteroatoms. The summed E-state index contributed by atoms with van der Waals surface area (Å²) in [5.41, 5.74) is 2.10. The van der Waals surface area contributed by atoms with Gasteiger partial charge >= 0.3 is 0 Å². The molecule has 0 heterocycles. The van der Waals surface area contributed by atoms with E-state index < -0.39 is 0 Å². The van der Waals surface area contributed by atoms with Gasteiger partial charge < -0.3 is 20.3 Å². The van der Waals surface area contributed by atoms with E-state index in [1.54, 1.807) is 38.4 Å². The molecule has 26 heavy (non-hydrogen) atoms. The fourth-order valence-corrected chi connectivity index (χ4v) is 2.23. The Morgan fingerprint density at radius 2 is 1.58 bits per heavy atom. The number of anilines is 2. The molecular weight excluding hydrogens is 330 g/mol. The van der Waals surface area contributed by atoms with Gasteiger partial charge in [0.25, 0.3) is 5.91 Å². The number of hydrogen-bond acceptors (Lipinski definition) is 4. The molecule has 2 aromatic carbocycles. The van der Waals surface area contributed by atoms with Crippen LogP contribution in [0, 0.1) is 0 Å². The number of ether oxygens (including phenoxy) is 1. The van der Waals surface area contributed by atoms with Crippen LogP contribution in [0.5, 0.6) is 5.75 Å². The zero-order chi connectivity index (χ0) is 18.9. The van der Waals surface area contributed by atoms with Crippen LogP contribution in [0.25, 0.3) is 0 Å². The molecule has 0 radical (unpaired) electrons. The minimum absolute atomic E-state index is 0.0549. The van der Waals surface area contributed by atoms with E-state index in [9.17, 15) is 9.59 Å². The summed E-state index contributed by atoms with van der Waals surface area (Å²) < 4.78 is 5.51. The van der Waals surface area contributed by atoms with E-state index in [0.717, 1.165) is 17.9 Å². The molecule has 0 bridgehead atoms. The van der Waals surface area contributed by atoms with Gasteiger partial charge in [0, 0.05) is 31.0 Å². The molecule has 0 saturated carbocycles. The lowest BCUT2D eigenvalue weighted by atomic mass is 10.2. The SMILES string of the molecule is CCCOc1ccc(NC(=O)CNc2ccc(C(=O)N(C)C)cc2)cc1. The fourth-order valence-electron chi connectivity index (χ4n) is 2.23. The minimum atomic E-state index is -0.152. The molecule has 2 N–H and O–H groups in total. The van der Waals surface area contributed by atoms with E-state index in [1.165, 1.54) is 4.90 Å². The van der Waals surface area contributed by atoms with Gasteiger partial charge in [-0.1, -0.05) is 6.92 Å². The number of rotatable bonds is 8. The highest BCUT2D eigenvalue weighted by atomic mass is 16.5. The van der Waals surface area contributed by atoms with E-state index in [1.807, 2.05) is 24.3 Å². The van der Waals surface area contributed by atoms with Crippen molar-refractivity contribution in [2.24, 2.45) is 0 Å². The number of carbonyl (C=O) groups is 2. The maximum atomic E-state index is 12.0.